The van der Waals surface area contributed by atoms with Gasteiger partial charge in [-0.3, -0.25) is 4.79 Å². The lowest BCUT2D eigenvalue weighted by atomic mass is 10.2. The molecule has 2 saturated heterocycles. The lowest BCUT2D eigenvalue weighted by molar-refractivity contribution is 0.102. The van der Waals surface area contributed by atoms with Crippen LogP contribution in [-0.2, 0) is 14.6 Å². The summed E-state index contributed by atoms with van der Waals surface area (Å²) in [4.78, 5) is 18.9. The Balaban J connectivity index is 1.76. The molecule has 0 bridgehead atoms. The molecule has 0 spiro atoms. The quantitative estimate of drug-likeness (QED) is 0.737. The SMILES string of the molecule is O=C(Nc1cccc(N2CCOCC2)c1S(=O)(=O)C1CCNCC1)c1cscn1. The number of rotatable bonds is 5. The first-order valence-corrected chi connectivity index (χ1v) is 12.2. The summed E-state index contributed by atoms with van der Waals surface area (Å²) in [5, 5.41) is 7.17. The maximum absolute atomic E-state index is 13.7. The predicted molar refractivity (Wildman–Crippen MR) is 113 cm³/mol. The van der Waals surface area contributed by atoms with E-state index in [1.54, 1.807) is 23.0 Å². The zero-order chi connectivity index (χ0) is 20.3. The number of thiazole rings is 1. The van der Waals surface area contributed by atoms with Crippen LogP contribution in [-0.4, -0.2) is 64.0 Å². The first-order chi connectivity index (χ1) is 14.1. The van der Waals surface area contributed by atoms with Gasteiger partial charge >= 0.3 is 0 Å². The molecule has 1 amide bonds. The number of ether oxygens (including phenoxy) is 1. The molecule has 3 heterocycles. The van der Waals surface area contributed by atoms with Gasteiger partial charge in [-0.25, -0.2) is 13.4 Å². The number of piperidine rings is 1. The molecular formula is C19H24N4O4S2. The zero-order valence-corrected chi connectivity index (χ0v) is 17.6. The highest BCUT2D eigenvalue weighted by Crippen LogP contribution is 2.37. The number of anilines is 2. The van der Waals surface area contributed by atoms with Crippen molar-refractivity contribution in [3.63, 3.8) is 0 Å². The van der Waals surface area contributed by atoms with E-state index in [9.17, 15) is 13.2 Å². The molecule has 0 unspecified atom stereocenters. The Hall–Kier alpha value is -2.01. The van der Waals surface area contributed by atoms with Crippen molar-refractivity contribution >= 4 is 38.5 Å². The number of benzene rings is 1. The molecule has 2 aromatic rings. The number of carbonyl (C=O) groups excluding carboxylic acids is 1. The molecule has 0 aliphatic carbocycles. The predicted octanol–water partition coefficient (Wildman–Crippen LogP) is 1.76. The van der Waals surface area contributed by atoms with E-state index in [4.69, 9.17) is 4.74 Å². The van der Waals surface area contributed by atoms with Crippen LogP contribution >= 0.6 is 11.3 Å². The van der Waals surface area contributed by atoms with Crippen molar-refractivity contribution in [2.24, 2.45) is 0 Å². The van der Waals surface area contributed by atoms with Crippen molar-refractivity contribution in [1.82, 2.24) is 10.3 Å². The fourth-order valence-electron chi connectivity index (χ4n) is 3.76. The molecule has 0 saturated carbocycles. The maximum Gasteiger partial charge on any atom is 0.275 e. The van der Waals surface area contributed by atoms with E-state index in [2.05, 4.69) is 15.6 Å². The largest absolute Gasteiger partial charge is 0.378 e. The Labute approximate surface area is 174 Å². The summed E-state index contributed by atoms with van der Waals surface area (Å²) >= 11 is 1.32. The van der Waals surface area contributed by atoms with Crippen LogP contribution < -0.4 is 15.5 Å². The van der Waals surface area contributed by atoms with E-state index in [0.717, 1.165) is 0 Å². The van der Waals surface area contributed by atoms with Gasteiger partial charge in [0.05, 0.1) is 35.3 Å². The van der Waals surface area contributed by atoms with Crippen molar-refractivity contribution in [3.8, 4) is 0 Å². The van der Waals surface area contributed by atoms with E-state index >= 15 is 0 Å². The standard InChI is InChI=1S/C19H24N4O4S2/c24-19(16-12-28-13-21-16)22-15-2-1-3-17(23-8-10-27-11-9-23)18(15)29(25,26)14-4-6-20-7-5-14/h1-3,12-14,20H,4-11H2,(H,22,24). The summed E-state index contributed by atoms with van der Waals surface area (Å²) in [7, 11) is -3.64. The van der Waals surface area contributed by atoms with Gasteiger partial charge in [0.15, 0.2) is 9.84 Å². The molecule has 10 heteroatoms. The van der Waals surface area contributed by atoms with Gasteiger partial charge in [-0.2, -0.15) is 0 Å². The average Bonchev–Trinajstić information content (AvgIpc) is 3.30. The molecule has 2 fully saturated rings. The number of hydrogen-bond donors (Lipinski definition) is 2. The van der Waals surface area contributed by atoms with Crippen LogP contribution in [0.3, 0.4) is 0 Å². The third-order valence-electron chi connectivity index (χ3n) is 5.27. The fraction of sp³-hybridized carbons (Fsp3) is 0.474. The van der Waals surface area contributed by atoms with E-state index in [0.29, 0.717) is 63.6 Å². The van der Waals surface area contributed by atoms with Crippen molar-refractivity contribution in [3.05, 3.63) is 34.8 Å². The highest BCUT2D eigenvalue weighted by atomic mass is 32.2. The minimum Gasteiger partial charge on any atom is -0.378 e. The van der Waals surface area contributed by atoms with Crippen molar-refractivity contribution in [2.45, 2.75) is 23.0 Å². The minimum atomic E-state index is -3.64. The third-order valence-corrected chi connectivity index (χ3v) is 8.20. The zero-order valence-electron chi connectivity index (χ0n) is 16.0. The first kappa shape index (κ1) is 20.3. The molecule has 29 heavy (non-hydrogen) atoms. The van der Waals surface area contributed by atoms with E-state index < -0.39 is 21.0 Å². The van der Waals surface area contributed by atoms with Crippen molar-refractivity contribution in [2.75, 3.05) is 49.6 Å². The minimum absolute atomic E-state index is 0.206. The molecule has 1 aromatic carbocycles. The topological polar surface area (TPSA) is 101 Å². The van der Waals surface area contributed by atoms with E-state index in [1.165, 1.54) is 11.3 Å². The van der Waals surface area contributed by atoms with Gasteiger partial charge < -0.3 is 20.3 Å². The molecule has 156 valence electrons. The second-order valence-corrected chi connectivity index (χ2v) is 9.96. The van der Waals surface area contributed by atoms with E-state index in [-0.39, 0.29) is 10.6 Å². The van der Waals surface area contributed by atoms with Crippen LogP contribution in [0.2, 0.25) is 0 Å². The molecule has 8 nitrogen and oxygen atoms in total. The Bertz CT molecular complexity index is 951. The number of aromatic nitrogens is 1. The lowest BCUT2D eigenvalue weighted by Gasteiger charge is -2.32. The third kappa shape index (κ3) is 4.30. The smallest absolute Gasteiger partial charge is 0.275 e. The molecule has 2 aliphatic rings. The lowest BCUT2D eigenvalue weighted by Crippen LogP contribution is -2.39. The molecule has 0 atom stereocenters. The Kier molecular flexibility index (Phi) is 6.14. The number of amides is 1. The Morgan fingerprint density at radius 1 is 1.24 bits per heavy atom. The number of carbonyl (C=O) groups is 1. The molecule has 0 radical (unpaired) electrons. The summed E-state index contributed by atoms with van der Waals surface area (Å²) in [5.74, 6) is -0.410. The second-order valence-electron chi connectivity index (χ2n) is 7.08. The fourth-order valence-corrected chi connectivity index (χ4v) is 6.39. The highest BCUT2D eigenvalue weighted by molar-refractivity contribution is 7.92. The summed E-state index contributed by atoms with van der Waals surface area (Å²) in [5.41, 5.74) is 2.79. The van der Waals surface area contributed by atoms with Crippen molar-refractivity contribution < 1.29 is 17.9 Å². The van der Waals surface area contributed by atoms with Crippen LogP contribution in [0.4, 0.5) is 11.4 Å². The van der Waals surface area contributed by atoms with E-state index in [1.807, 2.05) is 11.0 Å². The van der Waals surface area contributed by atoms with Gasteiger partial charge in [-0.15, -0.1) is 11.3 Å². The summed E-state index contributed by atoms with van der Waals surface area (Å²) in [6.45, 7) is 3.65. The van der Waals surface area contributed by atoms with Crippen LogP contribution in [0.1, 0.15) is 23.3 Å². The van der Waals surface area contributed by atoms with Gasteiger partial charge in [-0.1, -0.05) is 6.07 Å². The highest BCUT2D eigenvalue weighted by Gasteiger charge is 2.35. The number of nitrogens with zero attached hydrogens (tertiary/aromatic N) is 2. The van der Waals surface area contributed by atoms with Crippen LogP contribution in [0.25, 0.3) is 0 Å². The molecule has 1 aromatic heterocycles. The van der Waals surface area contributed by atoms with Gasteiger partial charge in [-0.05, 0) is 38.1 Å². The van der Waals surface area contributed by atoms with Gasteiger partial charge in [0.25, 0.3) is 5.91 Å². The summed E-state index contributed by atoms with van der Waals surface area (Å²) < 4.78 is 32.8. The normalized spacial score (nSPS) is 18.6. The number of hydrogen-bond acceptors (Lipinski definition) is 8. The van der Waals surface area contributed by atoms with Gasteiger partial charge in [0.2, 0.25) is 0 Å². The van der Waals surface area contributed by atoms with Crippen LogP contribution in [0.5, 0.6) is 0 Å². The number of morpholine rings is 1. The summed E-state index contributed by atoms with van der Waals surface area (Å²) in [6, 6.07) is 5.25. The second kappa shape index (κ2) is 8.78. The number of nitrogens with one attached hydrogen (secondary N) is 2. The maximum atomic E-state index is 13.7. The molecule has 2 aliphatic heterocycles. The van der Waals surface area contributed by atoms with Crippen LogP contribution in [0, 0.1) is 0 Å². The first-order valence-electron chi connectivity index (χ1n) is 9.67. The van der Waals surface area contributed by atoms with Gasteiger partial charge in [0.1, 0.15) is 10.6 Å². The Morgan fingerprint density at radius 2 is 2.00 bits per heavy atom. The molecule has 4 rings (SSSR count). The van der Waals surface area contributed by atoms with Gasteiger partial charge in [0, 0.05) is 18.5 Å². The molecular weight excluding hydrogens is 412 g/mol. The summed E-state index contributed by atoms with van der Waals surface area (Å²) in [6.07, 6.45) is 1.11. The number of sulfone groups is 1. The average molecular weight is 437 g/mol. The molecule has 2 N–H and O–H groups in total. The van der Waals surface area contributed by atoms with Crippen molar-refractivity contribution in [1.29, 1.82) is 0 Å². The van der Waals surface area contributed by atoms with Crippen LogP contribution in [0.15, 0.2) is 34.0 Å². The Morgan fingerprint density at radius 3 is 2.69 bits per heavy atom. The monoisotopic (exact) mass is 436 g/mol.